The standard InChI is InChI=1S/C14H22N2O3S/c1-8-3-2-6-15-11(8)12(17)16-10(14(18)19)7-20-13(16)9-4-5-9/h8-11,13,15H,2-7H2,1H3,(H,18,19). The molecular weight excluding hydrogens is 276 g/mol. The van der Waals surface area contributed by atoms with Gasteiger partial charge in [-0.1, -0.05) is 6.92 Å². The van der Waals surface area contributed by atoms with Crippen LogP contribution in [0.5, 0.6) is 0 Å². The molecule has 4 unspecified atom stereocenters. The van der Waals surface area contributed by atoms with Crippen molar-refractivity contribution in [3.63, 3.8) is 0 Å². The predicted octanol–water partition coefficient (Wildman–Crippen LogP) is 1.14. The quantitative estimate of drug-likeness (QED) is 0.817. The SMILES string of the molecule is CC1CCCNC1C(=O)N1C(C(=O)O)CSC1C1CC1. The van der Waals surface area contributed by atoms with Gasteiger partial charge in [0.05, 0.1) is 11.4 Å². The van der Waals surface area contributed by atoms with Gasteiger partial charge in [-0.2, -0.15) is 0 Å². The molecule has 2 aliphatic heterocycles. The van der Waals surface area contributed by atoms with Crippen molar-refractivity contribution in [2.75, 3.05) is 12.3 Å². The van der Waals surface area contributed by atoms with Crippen molar-refractivity contribution in [1.82, 2.24) is 10.2 Å². The minimum atomic E-state index is -0.863. The van der Waals surface area contributed by atoms with Gasteiger partial charge < -0.3 is 15.3 Å². The Kier molecular flexibility index (Phi) is 3.95. The number of nitrogens with zero attached hydrogens (tertiary/aromatic N) is 1. The number of hydrogen-bond donors (Lipinski definition) is 2. The number of piperidine rings is 1. The fourth-order valence-corrected chi connectivity index (χ4v) is 4.92. The largest absolute Gasteiger partial charge is 0.480 e. The van der Waals surface area contributed by atoms with Crippen LogP contribution in [0.3, 0.4) is 0 Å². The molecule has 2 saturated heterocycles. The second-order valence-electron chi connectivity index (χ2n) is 6.21. The van der Waals surface area contributed by atoms with Crippen LogP contribution in [0.25, 0.3) is 0 Å². The Morgan fingerprint density at radius 3 is 2.65 bits per heavy atom. The number of aliphatic carboxylic acids is 1. The molecule has 3 aliphatic rings. The minimum Gasteiger partial charge on any atom is -0.480 e. The molecule has 3 fully saturated rings. The number of carbonyl (C=O) groups is 2. The molecule has 0 spiro atoms. The Balaban J connectivity index is 1.79. The number of carboxylic acids is 1. The average molecular weight is 298 g/mol. The molecule has 1 amide bonds. The molecule has 5 nitrogen and oxygen atoms in total. The molecule has 20 heavy (non-hydrogen) atoms. The van der Waals surface area contributed by atoms with E-state index < -0.39 is 12.0 Å². The number of amides is 1. The van der Waals surface area contributed by atoms with E-state index in [1.54, 1.807) is 16.7 Å². The minimum absolute atomic E-state index is 0.00602. The highest BCUT2D eigenvalue weighted by atomic mass is 32.2. The van der Waals surface area contributed by atoms with Crippen LogP contribution in [-0.4, -0.2) is 51.6 Å². The van der Waals surface area contributed by atoms with Crippen LogP contribution < -0.4 is 5.32 Å². The highest BCUT2D eigenvalue weighted by Gasteiger charge is 2.49. The molecule has 0 bridgehead atoms. The lowest BCUT2D eigenvalue weighted by molar-refractivity contribution is -0.151. The third-order valence-electron chi connectivity index (χ3n) is 4.64. The Labute approximate surface area is 123 Å². The van der Waals surface area contributed by atoms with Crippen molar-refractivity contribution in [3.8, 4) is 0 Å². The predicted molar refractivity (Wildman–Crippen MR) is 77.4 cm³/mol. The third-order valence-corrected chi connectivity index (χ3v) is 6.10. The summed E-state index contributed by atoms with van der Waals surface area (Å²) in [5.41, 5.74) is 0. The van der Waals surface area contributed by atoms with Crippen LogP contribution in [0, 0.1) is 11.8 Å². The summed E-state index contributed by atoms with van der Waals surface area (Å²) in [7, 11) is 0. The summed E-state index contributed by atoms with van der Waals surface area (Å²) in [4.78, 5) is 26.0. The van der Waals surface area contributed by atoms with Crippen molar-refractivity contribution in [1.29, 1.82) is 0 Å². The van der Waals surface area contributed by atoms with Gasteiger partial charge in [-0.25, -0.2) is 4.79 Å². The van der Waals surface area contributed by atoms with Crippen LogP contribution in [0.2, 0.25) is 0 Å². The van der Waals surface area contributed by atoms with Gasteiger partial charge in [-0.05, 0) is 44.1 Å². The lowest BCUT2D eigenvalue weighted by Crippen LogP contribution is -2.57. The van der Waals surface area contributed by atoms with Crippen LogP contribution >= 0.6 is 11.8 Å². The lowest BCUT2D eigenvalue weighted by Gasteiger charge is -2.36. The third kappa shape index (κ3) is 2.55. The van der Waals surface area contributed by atoms with E-state index in [0.29, 0.717) is 11.7 Å². The zero-order valence-corrected chi connectivity index (χ0v) is 12.6. The number of nitrogens with one attached hydrogen (secondary N) is 1. The lowest BCUT2D eigenvalue weighted by atomic mass is 9.91. The zero-order chi connectivity index (χ0) is 14.3. The summed E-state index contributed by atoms with van der Waals surface area (Å²) in [6.07, 6.45) is 4.38. The zero-order valence-electron chi connectivity index (χ0n) is 11.7. The van der Waals surface area contributed by atoms with Gasteiger partial charge in [0.1, 0.15) is 6.04 Å². The van der Waals surface area contributed by atoms with E-state index in [4.69, 9.17) is 0 Å². The molecule has 112 valence electrons. The number of rotatable bonds is 3. The molecule has 1 aliphatic carbocycles. The van der Waals surface area contributed by atoms with Crippen LogP contribution in [0.4, 0.5) is 0 Å². The second-order valence-corrected chi connectivity index (χ2v) is 7.36. The van der Waals surface area contributed by atoms with Crippen molar-refractivity contribution >= 4 is 23.6 Å². The second kappa shape index (κ2) is 5.56. The Morgan fingerprint density at radius 2 is 2.05 bits per heavy atom. The van der Waals surface area contributed by atoms with Gasteiger partial charge in [0.15, 0.2) is 0 Å². The van der Waals surface area contributed by atoms with Gasteiger partial charge in [0.25, 0.3) is 0 Å². The first-order valence-corrected chi connectivity index (χ1v) is 8.54. The van der Waals surface area contributed by atoms with E-state index in [0.717, 1.165) is 32.2 Å². The van der Waals surface area contributed by atoms with E-state index in [-0.39, 0.29) is 23.2 Å². The van der Waals surface area contributed by atoms with Gasteiger partial charge in [-0.15, -0.1) is 11.8 Å². The number of carbonyl (C=O) groups excluding carboxylic acids is 1. The van der Waals surface area contributed by atoms with Crippen molar-refractivity contribution in [2.24, 2.45) is 11.8 Å². The Morgan fingerprint density at radius 1 is 1.30 bits per heavy atom. The summed E-state index contributed by atoms with van der Waals surface area (Å²) in [6, 6.07) is -0.848. The van der Waals surface area contributed by atoms with Gasteiger partial charge in [0.2, 0.25) is 5.91 Å². The highest BCUT2D eigenvalue weighted by Crippen LogP contribution is 2.45. The molecular formula is C14H22N2O3S. The molecule has 3 rings (SSSR count). The maximum atomic E-state index is 12.9. The first-order valence-electron chi connectivity index (χ1n) is 7.49. The maximum absolute atomic E-state index is 12.9. The molecule has 2 heterocycles. The van der Waals surface area contributed by atoms with Crippen molar-refractivity contribution in [3.05, 3.63) is 0 Å². The molecule has 4 atom stereocenters. The summed E-state index contributed by atoms with van der Waals surface area (Å²) >= 11 is 1.65. The number of hydrogen-bond acceptors (Lipinski definition) is 4. The molecule has 6 heteroatoms. The van der Waals surface area contributed by atoms with E-state index >= 15 is 0 Å². The molecule has 0 aromatic heterocycles. The number of carboxylic acid groups (broad SMARTS) is 1. The monoisotopic (exact) mass is 298 g/mol. The first-order chi connectivity index (χ1) is 9.59. The Bertz CT molecular complexity index is 413. The first kappa shape index (κ1) is 14.2. The van der Waals surface area contributed by atoms with E-state index in [2.05, 4.69) is 12.2 Å². The van der Waals surface area contributed by atoms with E-state index in [9.17, 15) is 14.7 Å². The summed E-state index contributed by atoms with van der Waals surface area (Å²) in [5, 5.41) is 12.8. The number of thioether (sulfide) groups is 1. The smallest absolute Gasteiger partial charge is 0.327 e. The van der Waals surface area contributed by atoms with Gasteiger partial charge in [-0.3, -0.25) is 4.79 Å². The molecule has 0 radical (unpaired) electrons. The maximum Gasteiger partial charge on any atom is 0.327 e. The van der Waals surface area contributed by atoms with Crippen LogP contribution in [0.1, 0.15) is 32.6 Å². The summed E-state index contributed by atoms with van der Waals surface area (Å²) in [6.45, 7) is 2.94. The Hall–Kier alpha value is -0.750. The molecule has 0 aromatic carbocycles. The van der Waals surface area contributed by atoms with Gasteiger partial charge >= 0.3 is 5.97 Å². The van der Waals surface area contributed by atoms with Crippen LogP contribution in [0.15, 0.2) is 0 Å². The average Bonchev–Trinajstić information content (AvgIpc) is 3.17. The molecule has 1 saturated carbocycles. The fraction of sp³-hybridized carbons (Fsp3) is 0.857. The molecule has 0 aromatic rings. The van der Waals surface area contributed by atoms with E-state index in [1.165, 1.54) is 0 Å². The summed E-state index contributed by atoms with van der Waals surface area (Å²) < 4.78 is 0. The summed E-state index contributed by atoms with van der Waals surface area (Å²) in [5.74, 6) is 0.468. The molecule has 2 N–H and O–H groups in total. The van der Waals surface area contributed by atoms with Crippen LogP contribution in [-0.2, 0) is 9.59 Å². The highest BCUT2D eigenvalue weighted by molar-refractivity contribution is 8.00. The van der Waals surface area contributed by atoms with Crippen molar-refractivity contribution < 1.29 is 14.7 Å². The topological polar surface area (TPSA) is 69.6 Å². The normalized spacial score (nSPS) is 38.0. The fourth-order valence-electron chi connectivity index (χ4n) is 3.28. The van der Waals surface area contributed by atoms with E-state index in [1.807, 2.05) is 0 Å². The van der Waals surface area contributed by atoms with Crippen molar-refractivity contribution in [2.45, 2.75) is 50.1 Å². The van der Waals surface area contributed by atoms with Gasteiger partial charge in [0, 0.05) is 5.75 Å².